The number of rotatable bonds is 5. The van der Waals surface area contributed by atoms with Crippen molar-refractivity contribution in [3.05, 3.63) is 29.8 Å². The number of carboxylic acids is 1. The van der Waals surface area contributed by atoms with Gasteiger partial charge in [0, 0.05) is 12.6 Å². The number of benzene rings is 1. The second-order valence-corrected chi connectivity index (χ2v) is 7.04. The fourth-order valence-corrected chi connectivity index (χ4v) is 2.86. The summed E-state index contributed by atoms with van der Waals surface area (Å²) in [4.78, 5) is 24.7. The normalized spacial score (nSPS) is 18.0. The minimum absolute atomic E-state index is 0.00597. The van der Waals surface area contributed by atoms with Crippen molar-refractivity contribution in [3.8, 4) is 5.75 Å². The summed E-state index contributed by atoms with van der Waals surface area (Å²) in [5, 5.41) is 8.90. The first-order valence-electron chi connectivity index (χ1n) is 8.02. The molecule has 1 saturated heterocycles. The van der Waals surface area contributed by atoms with Gasteiger partial charge < -0.3 is 14.7 Å². The maximum atomic E-state index is 12.2. The summed E-state index contributed by atoms with van der Waals surface area (Å²) >= 11 is 0. The largest absolute Gasteiger partial charge is 0.484 e. The van der Waals surface area contributed by atoms with Gasteiger partial charge in [0.05, 0.1) is 6.42 Å². The van der Waals surface area contributed by atoms with E-state index in [1.807, 2.05) is 24.3 Å². The second kappa shape index (κ2) is 7.02. The summed E-state index contributed by atoms with van der Waals surface area (Å²) in [6.45, 7) is 6.99. The van der Waals surface area contributed by atoms with Crippen molar-refractivity contribution in [1.82, 2.24) is 4.90 Å². The lowest BCUT2D eigenvalue weighted by molar-refractivity contribution is -0.140. The van der Waals surface area contributed by atoms with E-state index >= 15 is 0 Å². The summed E-state index contributed by atoms with van der Waals surface area (Å²) in [7, 11) is 0. The molecule has 1 aliphatic rings. The van der Waals surface area contributed by atoms with Crippen LogP contribution in [0.4, 0.5) is 0 Å². The van der Waals surface area contributed by atoms with Crippen LogP contribution in [0.15, 0.2) is 24.3 Å². The van der Waals surface area contributed by atoms with Gasteiger partial charge in [-0.25, -0.2) is 0 Å². The minimum Gasteiger partial charge on any atom is -0.484 e. The number of amides is 1. The van der Waals surface area contributed by atoms with E-state index in [1.165, 1.54) is 5.56 Å². The van der Waals surface area contributed by atoms with E-state index in [4.69, 9.17) is 9.84 Å². The van der Waals surface area contributed by atoms with Crippen LogP contribution in [0.1, 0.15) is 45.6 Å². The Bertz CT molecular complexity index is 559. The third-order valence-corrected chi connectivity index (χ3v) is 4.19. The zero-order valence-corrected chi connectivity index (χ0v) is 14.0. The molecule has 1 amide bonds. The van der Waals surface area contributed by atoms with Crippen LogP contribution in [-0.2, 0) is 15.0 Å². The lowest BCUT2D eigenvalue weighted by atomic mass is 9.87. The highest BCUT2D eigenvalue weighted by Gasteiger charge is 2.30. The smallest absolute Gasteiger partial charge is 0.305 e. The maximum absolute atomic E-state index is 12.2. The number of likely N-dealkylation sites (tertiary alicyclic amines) is 1. The highest BCUT2D eigenvalue weighted by Crippen LogP contribution is 2.25. The monoisotopic (exact) mass is 319 g/mol. The molecule has 0 aliphatic carbocycles. The summed E-state index contributed by atoms with van der Waals surface area (Å²) in [6, 6.07) is 7.54. The highest BCUT2D eigenvalue weighted by atomic mass is 16.5. The SMILES string of the molecule is CC(C)(C)c1ccc(OCC(=O)N2CCCC2CC(=O)O)cc1. The van der Waals surface area contributed by atoms with Crippen LogP contribution in [0.25, 0.3) is 0 Å². The van der Waals surface area contributed by atoms with Crippen molar-refractivity contribution < 1.29 is 19.4 Å². The van der Waals surface area contributed by atoms with Crippen molar-refractivity contribution >= 4 is 11.9 Å². The molecule has 1 aromatic carbocycles. The molecule has 126 valence electrons. The Morgan fingerprint density at radius 2 is 1.91 bits per heavy atom. The molecule has 5 heteroatoms. The van der Waals surface area contributed by atoms with Gasteiger partial charge in [-0.3, -0.25) is 9.59 Å². The Morgan fingerprint density at radius 1 is 1.26 bits per heavy atom. The van der Waals surface area contributed by atoms with Gasteiger partial charge in [-0.15, -0.1) is 0 Å². The third-order valence-electron chi connectivity index (χ3n) is 4.19. The van der Waals surface area contributed by atoms with Gasteiger partial charge in [0.1, 0.15) is 5.75 Å². The Hall–Kier alpha value is -2.04. The number of carbonyl (C=O) groups excluding carboxylic acids is 1. The van der Waals surface area contributed by atoms with E-state index < -0.39 is 5.97 Å². The molecule has 5 nitrogen and oxygen atoms in total. The number of carbonyl (C=O) groups is 2. The zero-order chi connectivity index (χ0) is 17.0. The van der Waals surface area contributed by atoms with E-state index in [2.05, 4.69) is 20.8 Å². The number of nitrogens with zero attached hydrogens (tertiary/aromatic N) is 1. The van der Waals surface area contributed by atoms with Gasteiger partial charge in [-0.2, -0.15) is 0 Å². The quantitative estimate of drug-likeness (QED) is 0.906. The fourth-order valence-electron chi connectivity index (χ4n) is 2.86. The standard InChI is InChI=1S/C18H25NO4/c1-18(2,3)13-6-8-15(9-7-13)23-12-16(20)19-10-4-5-14(19)11-17(21)22/h6-9,14H,4-5,10-12H2,1-3H3,(H,21,22). The van der Waals surface area contributed by atoms with Crippen molar-refractivity contribution in [1.29, 1.82) is 0 Å². The molecule has 1 unspecified atom stereocenters. The summed E-state index contributed by atoms with van der Waals surface area (Å²) < 4.78 is 5.56. The van der Waals surface area contributed by atoms with E-state index in [-0.39, 0.29) is 30.4 Å². The maximum Gasteiger partial charge on any atom is 0.305 e. The molecule has 1 aliphatic heterocycles. The topological polar surface area (TPSA) is 66.8 Å². The van der Waals surface area contributed by atoms with Gasteiger partial charge in [-0.05, 0) is 36.0 Å². The van der Waals surface area contributed by atoms with Crippen LogP contribution >= 0.6 is 0 Å². The number of hydrogen-bond donors (Lipinski definition) is 1. The van der Waals surface area contributed by atoms with Crippen molar-refractivity contribution in [2.75, 3.05) is 13.2 Å². The van der Waals surface area contributed by atoms with Crippen LogP contribution in [0.5, 0.6) is 5.75 Å². The molecule has 1 aromatic rings. The molecule has 0 spiro atoms. The predicted octanol–water partition coefficient (Wildman–Crippen LogP) is 2.83. The minimum atomic E-state index is -0.867. The lowest BCUT2D eigenvalue weighted by Crippen LogP contribution is -2.39. The molecule has 2 rings (SSSR count). The molecule has 0 radical (unpaired) electrons. The first kappa shape index (κ1) is 17.3. The van der Waals surface area contributed by atoms with Gasteiger partial charge in [0.15, 0.2) is 6.61 Å². The average molecular weight is 319 g/mol. The van der Waals surface area contributed by atoms with Gasteiger partial charge >= 0.3 is 5.97 Å². The molecular formula is C18H25NO4. The number of carboxylic acid groups (broad SMARTS) is 1. The fraction of sp³-hybridized carbons (Fsp3) is 0.556. The van der Waals surface area contributed by atoms with Crippen molar-refractivity contribution in [2.24, 2.45) is 0 Å². The van der Waals surface area contributed by atoms with Gasteiger partial charge in [0.25, 0.3) is 5.91 Å². The number of ether oxygens (including phenoxy) is 1. The van der Waals surface area contributed by atoms with Crippen LogP contribution < -0.4 is 4.74 Å². The molecule has 1 heterocycles. The van der Waals surface area contributed by atoms with Gasteiger partial charge in [-0.1, -0.05) is 32.9 Å². The van der Waals surface area contributed by atoms with E-state index in [9.17, 15) is 9.59 Å². The van der Waals surface area contributed by atoms with E-state index in [1.54, 1.807) is 4.90 Å². The Morgan fingerprint density at radius 3 is 2.48 bits per heavy atom. The van der Waals surface area contributed by atoms with Crippen LogP contribution in [0, 0.1) is 0 Å². The zero-order valence-electron chi connectivity index (χ0n) is 14.0. The lowest BCUT2D eigenvalue weighted by Gasteiger charge is -2.23. The van der Waals surface area contributed by atoms with E-state index in [0.29, 0.717) is 12.3 Å². The van der Waals surface area contributed by atoms with Crippen LogP contribution in [0.3, 0.4) is 0 Å². The first-order valence-corrected chi connectivity index (χ1v) is 8.02. The summed E-state index contributed by atoms with van der Waals surface area (Å²) in [6.07, 6.45) is 1.61. The summed E-state index contributed by atoms with van der Waals surface area (Å²) in [5.41, 5.74) is 1.28. The van der Waals surface area contributed by atoms with E-state index in [0.717, 1.165) is 12.8 Å². The molecular weight excluding hydrogens is 294 g/mol. The number of hydrogen-bond acceptors (Lipinski definition) is 3. The highest BCUT2D eigenvalue weighted by molar-refractivity contribution is 5.79. The molecule has 1 N–H and O–H groups in total. The number of aliphatic carboxylic acids is 1. The molecule has 0 bridgehead atoms. The first-order chi connectivity index (χ1) is 10.8. The molecule has 23 heavy (non-hydrogen) atoms. The van der Waals surface area contributed by atoms with Crippen LogP contribution in [-0.4, -0.2) is 41.1 Å². The average Bonchev–Trinajstić information content (AvgIpc) is 2.91. The summed E-state index contributed by atoms with van der Waals surface area (Å²) in [5.74, 6) is -0.359. The van der Waals surface area contributed by atoms with Crippen molar-refractivity contribution in [3.63, 3.8) is 0 Å². The Kier molecular flexibility index (Phi) is 5.29. The molecule has 0 saturated carbocycles. The Balaban J connectivity index is 1.90. The van der Waals surface area contributed by atoms with Crippen LogP contribution in [0.2, 0.25) is 0 Å². The van der Waals surface area contributed by atoms with Crippen molar-refractivity contribution in [2.45, 2.75) is 51.5 Å². The Labute approximate surface area is 137 Å². The molecule has 0 aromatic heterocycles. The molecule has 1 atom stereocenters. The second-order valence-electron chi connectivity index (χ2n) is 7.04. The third kappa shape index (κ3) is 4.71. The molecule has 1 fully saturated rings. The predicted molar refractivity (Wildman–Crippen MR) is 87.6 cm³/mol. The van der Waals surface area contributed by atoms with Gasteiger partial charge in [0.2, 0.25) is 0 Å².